The van der Waals surface area contributed by atoms with Crippen LogP contribution in [0.2, 0.25) is 0 Å². The SMILES string of the molecule is O=C(Cc1ccccc1)N[C@H]1CN(OCc2nnnn2Cc2ccccc2)C1=O. The van der Waals surface area contributed by atoms with Gasteiger partial charge in [0.1, 0.15) is 12.6 Å². The molecular formula is C20H20N6O3. The molecule has 9 nitrogen and oxygen atoms in total. The summed E-state index contributed by atoms with van der Waals surface area (Å²) in [5, 5.41) is 15.5. The van der Waals surface area contributed by atoms with E-state index in [9.17, 15) is 9.59 Å². The monoisotopic (exact) mass is 392 g/mol. The smallest absolute Gasteiger partial charge is 0.270 e. The average molecular weight is 392 g/mol. The van der Waals surface area contributed by atoms with Crippen molar-refractivity contribution >= 4 is 11.8 Å². The van der Waals surface area contributed by atoms with Gasteiger partial charge in [0.2, 0.25) is 5.91 Å². The van der Waals surface area contributed by atoms with Crippen LogP contribution in [0.4, 0.5) is 0 Å². The Morgan fingerprint density at radius 3 is 2.45 bits per heavy atom. The van der Waals surface area contributed by atoms with Gasteiger partial charge in [-0.1, -0.05) is 60.7 Å². The predicted molar refractivity (Wildman–Crippen MR) is 102 cm³/mol. The second-order valence-electron chi connectivity index (χ2n) is 6.69. The fraction of sp³-hybridized carbons (Fsp3) is 0.250. The number of carbonyl (C=O) groups is 2. The Labute approximate surface area is 167 Å². The van der Waals surface area contributed by atoms with Gasteiger partial charge in [0.25, 0.3) is 5.91 Å². The quantitative estimate of drug-likeness (QED) is 0.567. The molecule has 3 aromatic rings. The Balaban J connectivity index is 1.24. The van der Waals surface area contributed by atoms with Gasteiger partial charge >= 0.3 is 0 Å². The fourth-order valence-electron chi connectivity index (χ4n) is 2.99. The van der Waals surface area contributed by atoms with Crippen molar-refractivity contribution in [1.82, 2.24) is 30.6 Å². The van der Waals surface area contributed by atoms with E-state index in [0.717, 1.165) is 11.1 Å². The molecule has 1 saturated heterocycles. The van der Waals surface area contributed by atoms with Crippen LogP contribution in [0, 0.1) is 0 Å². The van der Waals surface area contributed by atoms with Crippen LogP contribution in [0.1, 0.15) is 17.0 Å². The van der Waals surface area contributed by atoms with Crippen LogP contribution >= 0.6 is 0 Å². The second-order valence-corrected chi connectivity index (χ2v) is 6.69. The third-order valence-electron chi connectivity index (χ3n) is 4.57. The summed E-state index contributed by atoms with van der Waals surface area (Å²) in [6.07, 6.45) is 0.236. The normalized spacial score (nSPS) is 15.8. The van der Waals surface area contributed by atoms with Gasteiger partial charge in [-0.3, -0.25) is 14.4 Å². The number of aromatic nitrogens is 4. The maximum absolute atomic E-state index is 12.2. The van der Waals surface area contributed by atoms with Crippen LogP contribution < -0.4 is 5.32 Å². The van der Waals surface area contributed by atoms with Crippen molar-refractivity contribution in [3.8, 4) is 0 Å². The number of benzene rings is 2. The number of hydrogen-bond donors (Lipinski definition) is 1. The van der Waals surface area contributed by atoms with Crippen molar-refractivity contribution in [3.63, 3.8) is 0 Å². The number of carbonyl (C=O) groups excluding carboxylic acids is 2. The first-order valence-corrected chi connectivity index (χ1v) is 9.25. The van der Waals surface area contributed by atoms with Crippen molar-refractivity contribution in [2.45, 2.75) is 25.6 Å². The molecule has 4 rings (SSSR count). The van der Waals surface area contributed by atoms with E-state index in [-0.39, 0.29) is 24.8 Å². The number of rotatable bonds is 8. The molecule has 1 fully saturated rings. The lowest BCUT2D eigenvalue weighted by Crippen LogP contribution is -2.63. The lowest BCUT2D eigenvalue weighted by Gasteiger charge is -2.36. The number of nitrogens with zero attached hydrogens (tertiary/aromatic N) is 5. The van der Waals surface area contributed by atoms with Crippen LogP contribution in [-0.2, 0) is 34.0 Å². The summed E-state index contributed by atoms with van der Waals surface area (Å²) in [6.45, 7) is 0.870. The van der Waals surface area contributed by atoms with Crippen LogP contribution in [-0.4, -0.2) is 49.7 Å². The largest absolute Gasteiger partial charge is 0.342 e. The minimum Gasteiger partial charge on any atom is -0.342 e. The molecule has 0 saturated carbocycles. The van der Waals surface area contributed by atoms with Crippen molar-refractivity contribution < 1.29 is 14.4 Å². The van der Waals surface area contributed by atoms with Crippen LogP contribution in [0.3, 0.4) is 0 Å². The highest BCUT2D eigenvalue weighted by Gasteiger charge is 2.39. The zero-order valence-corrected chi connectivity index (χ0v) is 15.6. The molecule has 0 aliphatic carbocycles. The molecule has 1 atom stereocenters. The molecule has 1 aromatic heterocycles. The Morgan fingerprint density at radius 2 is 1.76 bits per heavy atom. The maximum Gasteiger partial charge on any atom is 0.270 e. The van der Waals surface area contributed by atoms with Gasteiger partial charge < -0.3 is 5.32 Å². The third-order valence-corrected chi connectivity index (χ3v) is 4.57. The van der Waals surface area contributed by atoms with E-state index in [4.69, 9.17) is 4.84 Å². The predicted octanol–water partition coefficient (Wildman–Crippen LogP) is 0.723. The molecule has 148 valence electrons. The minimum atomic E-state index is -0.563. The van der Waals surface area contributed by atoms with Crippen molar-refractivity contribution in [3.05, 3.63) is 77.6 Å². The van der Waals surface area contributed by atoms with Crippen molar-refractivity contribution in [2.75, 3.05) is 6.54 Å². The maximum atomic E-state index is 12.2. The number of tetrazole rings is 1. The lowest BCUT2D eigenvalue weighted by atomic mass is 10.1. The molecule has 0 radical (unpaired) electrons. The Kier molecular flexibility index (Phi) is 5.57. The van der Waals surface area contributed by atoms with Gasteiger partial charge in [0.05, 0.1) is 19.5 Å². The molecule has 0 bridgehead atoms. The van der Waals surface area contributed by atoms with Crippen LogP contribution in [0.15, 0.2) is 60.7 Å². The molecule has 2 heterocycles. The van der Waals surface area contributed by atoms with Gasteiger partial charge in [-0.2, -0.15) is 0 Å². The summed E-state index contributed by atoms with van der Waals surface area (Å²) in [7, 11) is 0. The molecule has 1 aliphatic rings. The number of nitrogens with one attached hydrogen (secondary N) is 1. The van der Waals surface area contributed by atoms with Gasteiger partial charge in [0, 0.05) is 0 Å². The first-order chi connectivity index (χ1) is 14.2. The standard InChI is InChI=1S/C20H20N6O3/c27-19(11-15-7-3-1-4-8-15)21-17-13-26(20(17)28)29-14-18-22-23-24-25(18)12-16-9-5-2-6-10-16/h1-10,17H,11-14H2,(H,21,27)/t17-/m0/s1. The van der Waals surface area contributed by atoms with E-state index < -0.39 is 6.04 Å². The highest BCUT2D eigenvalue weighted by atomic mass is 16.7. The van der Waals surface area contributed by atoms with Gasteiger partial charge in [-0.05, 0) is 21.6 Å². The fourth-order valence-corrected chi connectivity index (χ4v) is 2.99. The molecule has 2 aromatic carbocycles. The summed E-state index contributed by atoms with van der Waals surface area (Å²) < 4.78 is 1.62. The number of β-lactam (4-membered cyclic amide) rings is 1. The second kappa shape index (κ2) is 8.61. The van der Waals surface area contributed by atoms with E-state index >= 15 is 0 Å². The summed E-state index contributed by atoms with van der Waals surface area (Å²) >= 11 is 0. The van der Waals surface area contributed by atoms with E-state index in [0.29, 0.717) is 18.9 Å². The Hall–Kier alpha value is -3.59. The number of amides is 2. The Morgan fingerprint density at radius 1 is 1.07 bits per heavy atom. The average Bonchev–Trinajstić information content (AvgIpc) is 3.18. The summed E-state index contributed by atoms with van der Waals surface area (Å²) in [6, 6.07) is 18.6. The first kappa shape index (κ1) is 18.8. The molecule has 1 aliphatic heterocycles. The topological polar surface area (TPSA) is 102 Å². The third kappa shape index (κ3) is 4.64. The molecule has 0 unspecified atom stereocenters. The summed E-state index contributed by atoms with van der Waals surface area (Å²) in [4.78, 5) is 29.8. The summed E-state index contributed by atoms with van der Waals surface area (Å²) in [5.74, 6) is 0.0349. The van der Waals surface area contributed by atoms with Crippen LogP contribution in [0.25, 0.3) is 0 Å². The van der Waals surface area contributed by atoms with Gasteiger partial charge in [-0.25, -0.2) is 9.75 Å². The summed E-state index contributed by atoms with van der Waals surface area (Å²) in [5.41, 5.74) is 1.96. The van der Waals surface area contributed by atoms with E-state index in [1.165, 1.54) is 5.06 Å². The molecule has 2 amide bonds. The molecule has 1 N–H and O–H groups in total. The number of hydroxylamine groups is 2. The minimum absolute atomic E-state index is 0.0657. The molecule has 9 heteroatoms. The van der Waals surface area contributed by atoms with Gasteiger partial charge in [-0.15, -0.1) is 5.10 Å². The van der Waals surface area contributed by atoms with Crippen molar-refractivity contribution in [1.29, 1.82) is 0 Å². The zero-order valence-electron chi connectivity index (χ0n) is 15.6. The van der Waals surface area contributed by atoms with Crippen LogP contribution in [0.5, 0.6) is 0 Å². The molecule has 0 spiro atoms. The Bertz CT molecular complexity index is 976. The zero-order chi connectivity index (χ0) is 20.1. The molecular weight excluding hydrogens is 372 g/mol. The molecule has 29 heavy (non-hydrogen) atoms. The lowest BCUT2D eigenvalue weighted by molar-refractivity contribution is -0.220. The number of hydrogen-bond acceptors (Lipinski definition) is 6. The van der Waals surface area contributed by atoms with E-state index in [1.807, 2.05) is 60.7 Å². The first-order valence-electron chi connectivity index (χ1n) is 9.25. The van der Waals surface area contributed by atoms with Gasteiger partial charge in [0.15, 0.2) is 5.82 Å². The highest BCUT2D eigenvalue weighted by Crippen LogP contribution is 2.13. The van der Waals surface area contributed by atoms with E-state index in [2.05, 4.69) is 20.8 Å². The highest BCUT2D eigenvalue weighted by molar-refractivity contribution is 5.92. The van der Waals surface area contributed by atoms with E-state index in [1.54, 1.807) is 4.68 Å². The van der Waals surface area contributed by atoms with Crippen molar-refractivity contribution in [2.24, 2.45) is 0 Å².